The zero-order chi connectivity index (χ0) is 24.5. The Balaban J connectivity index is 2.47. The fourth-order valence-electron chi connectivity index (χ4n) is 3.66. The number of aldehydes is 1. The SMILES string of the molecule is CC(=O)CCCCC[C@@](NC(=O)OC(C)(C)C)(C(=O)OCC=O)c1ccc2ccccc2c1. The Morgan fingerprint density at radius 2 is 1.67 bits per heavy atom. The summed E-state index contributed by atoms with van der Waals surface area (Å²) >= 11 is 0. The van der Waals surface area contributed by atoms with Crippen molar-refractivity contribution in [2.75, 3.05) is 6.61 Å². The summed E-state index contributed by atoms with van der Waals surface area (Å²) in [6.07, 6.45) is 2.32. The maximum absolute atomic E-state index is 13.3. The van der Waals surface area contributed by atoms with Crippen LogP contribution in [0.3, 0.4) is 0 Å². The molecule has 0 aliphatic carbocycles. The highest BCUT2D eigenvalue weighted by Gasteiger charge is 2.44. The van der Waals surface area contributed by atoms with Crippen LogP contribution in [0.2, 0.25) is 0 Å². The molecule has 0 aliphatic heterocycles. The number of carbonyl (C=O) groups excluding carboxylic acids is 4. The number of esters is 1. The minimum absolute atomic E-state index is 0.105. The van der Waals surface area contributed by atoms with Gasteiger partial charge in [0.05, 0.1) is 0 Å². The van der Waals surface area contributed by atoms with Gasteiger partial charge < -0.3 is 19.6 Å². The van der Waals surface area contributed by atoms with E-state index in [1.807, 2.05) is 36.4 Å². The van der Waals surface area contributed by atoms with Gasteiger partial charge in [0.1, 0.15) is 18.0 Å². The first kappa shape index (κ1) is 26.0. The van der Waals surface area contributed by atoms with E-state index < -0.39 is 29.8 Å². The Hall–Kier alpha value is -3.22. The molecule has 0 saturated carbocycles. The summed E-state index contributed by atoms with van der Waals surface area (Å²) in [5.74, 6) is -0.629. The van der Waals surface area contributed by atoms with Gasteiger partial charge >= 0.3 is 12.1 Å². The van der Waals surface area contributed by atoms with E-state index in [4.69, 9.17) is 9.47 Å². The summed E-state index contributed by atoms with van der Waals surface area (Å²) < 4.78 is 10.7. The van der Waals surface area contributed by atoms with Crippen molar-refractivity contribution in [1.29, 1.82) is 0 Å². The van der Waals surface area contributed by atoms with Gasteiger partial charge in [-0.15, -0.1) is 0 Å². The molecule has 0 aliphatic rings. The lowest BCUT2D eigenvalue weighted by Gasteiger charge is -2.34. The van der Waals surface area contributed by atoms with Gasteiger partial charge in [0, 0.05) is 6.42 Å². The van der Waals surface area contributed by atoms with Crippen LogP contribution in [0, 0.1) is 0 Å². The van der Waals surface area contributed by atoms with Crippen LogP contribution in [0.25, 0.3) is 10.8 Å². The van der Waals surface area contributed by atoms with Gasteiger partial charge in [-0.2, -0.15) is 0 Å². The predicted octanol–water partition coefficient (Wildman–Crippen LogP) is 4.84. The van der Waals surface area contributed by atoms with Crippen LogP contribution in [0.15, 0.2) is 42.5 Å². The van der Waals surface area contributed by atoms with Crippen LogP contribution >= 0.6 is 0 Å². The van der Waals surface area contributed by atoms with Gasteiger partial charge in [0.25, 0.3) is 0 Å². The van der Waals surface area contributed by atoms with E-state index >= 15 is 0 Å². The first-order chi connectivity index (χ1) is 15.6. The summed E-state index contributed by atoms with van der Waals surface area (Å²) in [5, 5.41) is 4.63. The first-order valence-corrected chi connectivity index (χ1v) is 11.2. The molecule has 0 unspecified atom stereocenters. The molecule has 0 spiro atoms. The molecule has 0 radical (unpaired) electrons. The molecule has 0 bridgehead atoms. The second kappa shape index (κ2) is 11.6. The molecule has 33 heavy (non-hydrogen) atoms. The molecule has 0 fully saturated rings. The maximum atomic E-state index is 13.3. The molecule has 0 saturated heterocycles. The van der Waals surface area contributed by atoms with Crippen molar-refractivity contribution in [2.24, 2.45) is 0 Å². The number of unbranched alkanes of at least 4 members (excludes halogenated alkanes) is 2. The molecule has 2 aromatic carbocycles. The third-order valence-electron chi connectivity index (χ3n) is 5.17. The zero-order valence-corrected chi connectivity index (χ0v) is 19.8. The number of amides is 1. The fraction of sp³-hybridized carbons (Fsp3) is 0.462. The smallest absolute Gasteiger partial charge is 0.408 e. The average Bonchev–Trinajstić information content (AvgIpc) is 2.74. The van der Waals surface area contributed by atoms with Gasteiger partial charge in [-0.3, -0.25) is 4.79 Å². The third-order valence-corrected chi connectivity index (χ3v) is 5.17. The summed E-state index contributed by atoms with van der Waals surface area (Å²) in [4.78, 5) is 48.3. The molecule has 7 heteroatoms. The summed E-state index contributed by atoms with van der Waals surface area (Å²) in [6, 6.07) is 13.2. The maximum Gasteiger partial charge on any atom is 0.408 e. The molecular formula is C26H33NO6. The number of nitrogens with one attached hydrogen (secondary N) is 1. The van der Waals surface area contributed by atoms with Crippen LogP contribution in [0.1, 0.15) is 65.4 Å². The van der Waals surface area contributed by atoms with Crippen molar-refractivity contribution in [3.63, 3.8) is 0 Å². The number of rotatable bonds is 11. The fourth-order valence-corrected chi connectivity index (χ4v) is 3.66. The third kappa shape index (κ3) is 7.70. The Bertz CT molecular complexity index is 994. The quantitative estimate of drug-likeness (QED) is 0.296. The lowest BCUT2D eigenvalue weighted by Crippen LogP contribution is -2.54. The number of ether oxygens (including phenoxy) is 2. The van der Waals surface area contributed by atoms with Crippen molar-refractivity contribution < 1.29 is 28.7 Å². The van der Waals surface area contributed by atoms with Crippen molar-refractivity contribution in [2.45, 2.75) is 70.9 Å². The van der Waals surface area contributed by atoms with Crippen LogP contribution < -0.4 is 5.32 Å². The molecule has 2 aromatic rings. The first-order valence-electron chi connectivity index (χ1n) is 11.2. The molecule has 0 aromatic heterocycles. The molecule has 7 nitrogen and oxygen atoms in total. The lowest BCUT2D eigenvalue weighted by atomic mass is 9.83. The number of fused-ring (bicyclic) bond motifs is 1. The molecule has 2 rings (SSSR count). The van der Waals surface area contributed by atoms with Crippen LogP contribution in [0.5, 0.6) is 0 Å². The second-order valence-electron chi connectivity index (χ2n) is 9.12. The average molecular weight is 456 g/mol. The van der Waals surface area contributed by atoms with Gasteiger partial charge in [-0.25, -0.2) is 9.59 Å². The number of alkyl carbamates (subject to hydrolysis) is 1. The molecular weight excluding hydrogens is 422 g/mol. The van der Waals surface area contributed by atoms with Crippen molar-refractivity contribution in [3.05, 3.63) is 48.0 Å². The van der Waals surface area contributed by atoms with Crippen molar-refractivity contribution in [3.8, 4) is 0 Å². The Morgan fingerprint density at radius 1 is 0.970 bits per heavy atom. The standard InChI is InChI=1S/C26H33NO6/c1-19(29)10-6-5-9-15-26(23(30)32-17-16-28,27-24(31)33-25(2,3)4)22-14-13-20-11-7-8-12-21(20)18-22/h7-8,11-14,16,18H,5-6,9-10,15,17H2,1-4H3,(H,27,31)/t26-/m0/s1. The predicted molar refractivity (Wildman–Crippen MR) is 126 cm³/mol. The minimum Gasteiger partial charge on any atom is -0.456 e. The van der Waals surface area contributed by atoms with E-state index in [1.54, 1.807) is 33.8 Å². The van der Waals surface area contributed by atoms with Crippen LogP contribution in [-0.2, 0) is 29.4 Å². The van der Waals surface area contributed by atoms with Gasteiger partial charge in [0.2, 0.25) is 0 Å². The molecule has 0 heterocycles. The minimum atomic E-state index is -1.55. The van der Waals surface area contributed by atoms with Gasteiger partial charge in [-0.05, 0) is 62.9 Å². The number of carbonyl (C=O) groups is 4. The second-order valence-corrected chi connectivity index (χ2v) is 9.12. The number of Topliss-reactive ketones (excluding diaryl/α,β-unsaturated/α-hetero) is 1. The topological polar surface area (TPSA) is 98.8 Å². The van der Waals surface area contributed by atoms with E-state index in [0.29, 0.717) is 37.5 Å². The van der Waals surface area contributed by atoms with Gasteiger partial charge in [-0.1, -0.05) is 49.2 Å². The van der Waals surface area contributed by atoms with E-state index in [0.717, 1.165) is 10.8 Å². The highest BCUT2D eigenvalue weighted by atomic mass is 16.6. The summed E-state index contributed by atoms with van der Waals surface area (Å²) in [6.45, 7) is 6.32. The highest BCUT2D eigenvalue weighted by molar-refractivity contribution is 5.91. The Morgan fingerprint density at radius 3 is 2.30 bits per heavy atom. The normalized spacial score (nSPS) is 13.1. The highest BCUT2D eigenvalue weighted by Crippen LogP contribution is 2.32. The molecule has 1 atom stereocenters. The monoisotopic (exact) mass is 455 g/mol. The van der Waals surface area contributed by atoms with Gasteiger partial charge in [0.15, 0.2) is 11.8 Å². The largest absolute Gasteiger partial charge is 0.456 e. The molecule has 1 N–H and O–H groups in total. The molecule has 178 valence electrons. The van der Waals surface area contributed by atoms with Crippen molar-refractivity contribution >= 4 is 34.9 Å². The van der Waals surface area contributed by atoms with E-state index in [9.17, 15) is 19.2 Å². The lowest BCUT2D eigenvalue weighted by molar-refractivity contribution is -0.154. The number of hydrogen-bond acceptors (Lipinski definition) is 6. The van der Waals surface area contributed by atoms with E-state index in [-0.39, 0.29) is 12.2 Å². The number of ketones is 1. The zero-order valence-electron chi connectivity index (χ0n) is 19.8. The Labute approximate surface area is 194 Å². The van der Waals surface area contributed by atoms with E-state index in [1.165, 1.54) is 0 Å². The van der Waals surface area contributed by atoms with Crippen LogP contribution in [0.4, 0.5) is 4.79 Å². The Kier molecular flexibility index (Phi) is 9.14. The number of hydrogen-bond donors (Lipinski definition) is 1. The van der Waals surface area contributed by atoms with E-state index in [2.05, 4.69) is 5.32 Å². The van der Waals surface area contributed by atoms with Crippen molar-refractivity contribution in [1.82, 2.24) is 5.32 Å². The molecule has 1 amide bonds. The summed E-state index contributed by atoms with van der Waals surface area (Å²) in [7, 11) is 0. The summed E-state index contributed by atoms with van der Waals surface area (Å²) in [5.41, 5.74) is -1.78. The number of benzene rings is 2. The van der Waals surface area contributed by atoms with Crippen LogP contribution in [-0.4, -0.2) is 36.3 Å².